The lowest BCUT2D eigenvalue weighted by Gasteiger charge is -2.12. The maximum Gasteiger partial charge on any atom is 0.106 e. The normalized spacial score (nSPS) is 11.4. The molecule has 0 heterocycles. The fraction of sp³-hybridized carbons (Fsp3) is 0.105. The van der Waals surface area contributed by atoms with E-state index in [1.165, 1.54) is 5.56 Å². The van der Waals surface area contributed by atoms with Crippen molar-refractivity contribution in [1.82, 2.24) is 0 Å². The first-order valence-corrected chi connectivity index (χ1v) is 8.01. The quantitative estimate of drug-likeness (QED) is 0.556. The van der Waals surface area contributed by atoms with E-state index >= 15 is 0 Å². The van der Waals surface area contributed by atoms with E-state index in [2.05, 4.69) is 18.2 Å². The van der Waals surface area contributed by atoms with Crippen molar-refractivity contribution in [3.05, 3.63) is 89.5 Å². The highest BCUT2D eigenvalue weighted by Gasteiger charge is 1.98. The van der Waals surface area contributed by atoms with Gasteiger partial charge in [0.15, 0.2) is 0 Å². The van der Waals surface area contributed by atoms with E-state index in [0.717, 1.165) is 11.4 Å². The predicted octanol–water partition coefficient (Wildman–Crippen LogP) is 4.98. The monoisotopic (exact) mass is 306 g/mol. The predicted molar refractivity (Wildman–Crippen MR) is 95.4 cm³/mol. The average Bonchev–Trinajstić information content (AvgIpc) is 2.59. The van der Waals surface area contributed by atoms with Gasteiger partial charge < -0.3 is 4.90 Å². The number of hydrogen-bond acceptors (Lipinski definition) is 3. The van der Waals surface area contributed by atoms with Crippen LogP contribution in [-0.2, 0) is 5.75 Å². The lowest BCUT2D eigenvalue weighted by molar-refractivity contribution is 1.20. The fourth-order valence-electron chi connectivity index (χ4n) is 1.86. The van der Waals surface area contributed by atoms with E-state index in [1.54, 1.807) is 11.8 Å². The van der Waals surface area contributed by atoms with Crippen molar-refractivity contribution in [1.29, 1.82) is 5.26 Å². The second kappa shape index (κ2) is 8.76. The Balaban J connectivity index is 1.92. The maximum atomic E-state index is 9.20. The van der Waals surface area contributed by atoms with Crippen LogP contribution in [0.5, 0.6) is 0 Å². The van der Waals surface area contributed by atoms with E-state index < -0.39 is 0 Å². The summed E-state index contributed by atoms with van der Waals surface area (Å²) in [5.74, 6) is 0.808. The number of para-hydroxylation sites is 1. The zero-order valence-electron chi connectivity index (χ0n) is 12.5. The van der Waals surface area contributed by atoms with Gasteiger partial charge in [-0.05, 0) is 29.8 Å². The van der Waals surface area contributed by atoms with E-state index in [0.29, 0.717) is 4.91 Å². The number of allylic oxidation sites excluding steroid dienone is 3. The fourth-order valence-corrected chi connectivity index (χ4v) is 2.62. The zero-order valence-corrected chi connectivity index (χ0v) is 13.3. The highest BCUT2D eigenvalue weighted by molar-refractivity contribution is 8.02. The van der Waals surface area contributed by atoms with Crippen molar-refractivity contribution in [2.45, 2.75) is 5.75 Å². The number of rotatable bonds is 6. The highest BCUT2D eigenvalue weighted by atomic mass is 32.2. The molecule has 0 amide bonds. The summed E-state index contributed by atoms with van der Waals surface area (Å²) in [6.07, 6.45) is 5.71. The first-order valence-electron chi connectivity index (χ1n) is 7.03. The Morgan fingerprint density at radius 1 is 1.09 bits per heavy atom. The molecule has 0 aliphatic heterocycles. The van der Waals surface area contributed by atoms with Gasteiger partial charge in [-0.2, -0.15) is 5.26 Å². The lowest BCUT2D eigenvalue weighted by atomic mass is 10.2. The number of nitrogens with zero attached hydrogens (tertiary/aromatic N) is 2. The minimum absolute atomic E-state index is 0.710. The smallest absolute Gasteiger partial charge is 0.106 e. The molecule has 2 aromatic carbocycles. The molecule has 0 saturated carbocycles. The van der Waals surface area contributed by atoms with Gasteiger partial charge in [0.05, 0.1) is 4.91 Å². The summed E-state index contributed by atoms with van der Waals surface area (Å²) in [5.41, 5.74) is 2.33. The molecule has 0 aliphatic rings. The van der Waals surface area contributed by atoms with Crippen LogP contribution in [0.4, 0.5) is 5.69 Å². The molecule has 3 heteroatoms. The third-order valence-corrected chi connectivity index (χ3v) is 4.08. The summed E-state index contributed by atoms with van der Waals surface area (Å²) >= 11 is 1.55. The summed E-state index contributed by atoms with van der Waals surface area (Å²) in [6.45, 7) is 0. The summed E-state index contributed by atoms with van der Waals surface area (Å²) in [5, 5.41) is 9.20. The minimum atomic E-state index is 0.710. The van der Waals surface area contributed by atoms with Gasteiger partial charge in [0.25, 0.3) is 0 Å². The van der Waals surface area contributed by atoms with Gasteiger partial charge in [-0.25, -0.2) is 0 Å². The Bertz CT molecular complexity index is 670. The van der Waals surface area contributed by atoms with E-state index in [-0.39, 0.29) is 0 Å². The Hall–Kier alpha value is -2.44. The second-order valence-corrected chi connectivity index (χ2v) is 5.72. The number of thioether (sulfide) groups is 1. The Kier molecular flexibility index (Phi) is 6.35. The number of benzene rings is 2. The minimum Gasteiger partial charge on any atom is -0.351 e. The molecule has 0 bridgehead atoms. The molecule has 0 fully saturated rings. The molecule has 2 rings (SSSR count). The SMILES string of the molecule is CN(C=CC=C(C#N)SCc1ccccc1)c1ccccc1. The Labute approximate surface area is 136 Å². The number of anilines is 1. The topological polar surface area (TPSA) is 27.0 Å². The molecule has 0 atom stereocenters. The molecular formula is C19H18N2S. The summed E-state index contributed by atoms with van der Waals surface area (Å²) < 4.78 is 0. The molecule has 22 heavy (non-hydrogen) atoms. The molecule has 0 spiro atoms. The summed E-state index contributed by atoms with van der Waals surface area (Å²) in [4.78, 5) is 2.73. The van der Waals surface area contributed by atoms with Crippen LogP contribution < -0.4 is 4.90 Å². The molecule has 0 saturated heterocycles. The zero-order chi connectivity index (χ0) is 15.6. The van der Waals surface area contributed by atoms with Crippen LogP contribution in [0.15, 0.2) is 83.9 Å². The van der Waals surface area contributed by atoms with E-state index in [1.807, 2.05) is 78.8 Å². The van der Waals surface area contributed by atoms with Gasteiger partial charge in [-0.15, -0.1) is 11.8 Å². The van der Waals surface area contributed by atoms with Crippen LogP contribution in [0.1, 0.15) is 5.56 Å². The van der Waals surface area contributed by atoms with Crippen molar-refractivity contribution in [3.8, 4) is 6.07 Å². The molecule has 110 valence electrons. The van der Waals surface area contributed by atoms with Crippen LogP contribution >= 0.6 is 11.8 Å². The van der Waals surface area contributed by atoms with Gasteiger partial charge in [-0.1, -0.05) is 48.5 Å². The van der Waals surface area contributed by atoms with Crippen molar-refractivity contribution < 1.29 is 0 Å². The number of nitriles is 1. The van der Waals surface area contributed by atoms with Crippen molar-refractivity contribution >= 4 is 17.4 Å². The molecular weight excluding hydrogens is 288 g/mol. The third kappa shape index (κ3) is 5.16. The van der Waals surface area contributed by atoms with E-state index in [4.69, 9.17) is 0 Å². The second-order valence-electron chi connectivity index (χ2n) is 4.70. The first-order chi connectivity index (χ1) is 10.8. The summed E-state index contributed by atoms with van der Waals surface area (Å²) in [7, 11) is 1.99. The van der Waals surface area contributed by atoms with Crippen molar-refractivity contribution in [2.75, 3.05) is 11.9 Å². The van der Waals surface area contributed by atoms with Crippen molar-refractivity contribution in [3.63, 3.8) is 0 Å². The van der Waals surface area contributed by atoms with E-state index in [9.17, 15) is 5.26 Å². The number of hydrogen-bond donors (Lipinski definition) is 0. The van der Waals surface area contributed by atoms with Gasteiger partial charge in [0, 0.05) is 24.7 Å². The molecule has 0 N–H and O–H groups in total. The van der Waals surface area contributed by atoms with Crippen LogP contribution in [0.25, 0.3) is 0 Å². The van der Waals surface area contributed by atoms with Gasteiger partial charge >= 0.3 is 0 Å². The molecule has 2 nitrogen and oxygen atoms in total. The molecule has 2 aromatic rings. The van der Waals surface area contributed by atoms with Crippen LogP contribution in [-0.4, -0.2) is 7.05 Å². The lowest BCUT2D eigenvalue weighted by Crippen LogP contribution is -2.06. The largest absolute Gasteiger partial charge is 0.351 e. The average molecular weight is 306 g/mol. The maximum absolute atomic E-state index is 9.20. The van der Waals surface area contributed by atoms with Crippen LogP contribution in [0.2, 0.25) is 0 Å². The molecule has 0 aromatic heterocycles. The van der Waals surface area contributed by atoms with Crippen LogP contribution in [0.3, 0.4) is 0 Å². The van der Waals surface area contributed by atoms with Crippen molar-refractivity contribution in [2.24, 2.45) is 0 Å². The highest BCUT2D eigenvalue weighted by Crippen LogP contribution is 2.20. The summed E-state index contributed by atoms with van der Waals surface area (Å²) in [6, 6.07) is 22.5. The molecule has 0 unspecified atom stereocenters. The van der Waals surface area contributed by atoms with Gasteiger partial charge in [0.2, 0.25) is 0 Å². The third-order valence-electron chi connectivity index (χ3n) is 3.07. The van der Waals surface area contributed by atoms with Crippen LogP contribution in [0, 0.1) is 11.3 Å². The first kappa shape index (κ1) is 15.9. The van der Waals surface area contributed by atoms with Gasteiger partial charge in [-0.3, -0.25) is 0 Å². The standard InChI is InChI=1S/C19H18N2S/c1-21(18-11-6-3-7-12-18)14-8-13-19(15-20)22-16-17-9-4-2-5-10-17/h2-14H,16H2,1H3. The Morgan fingerprint density at radius 2 is 1.73 bits per heavy atom. The molecule has 0 radical (unpaired) electrons. The molecule has 0 aliphatic carbocycles. The van der Waals surface area contributed by atoms with Gasteiger partial charge in [0.1, 0.15) is 6.07 Å². The Morgan fingerprint density at radius 3 is 2.36 bits per heavy atom.